The largest absolute Gasteiger partial charge is 0.347 e. The van der Waals surface area contributed by atoms with Crippen molar-refractivity contribution in [2.24, 2.45) is 0 Å². The number of benzene rings is 1. The van der Waals surface area contributed by atoms with Gasteiger partial charge in [0.25, 0.3) is 0 Å². The number of aromatic amines is 1. The molecule has 0 fully saturated rings. The Labute approximate surface area is 115 Å². The van der Waals surface area contributed by atoms with Crippen molar-refractivity contribution in [3.63, 3.8) is 0 Å². The van der Waals surface area contributed by atoms with E-state index in [9.17, 15) is 13.6 Å². The summed E-state index contributed by atoms with van der Waals surface area (Å²) in [5.41, 5.74) is 1.27. The molecule has 0 saturated carbocycles. The van der Waals surface area contributed by atoms with E-state index in [1.165, 1.54) is 27.2 Å². The molecule has 3 heterocycles. The average Bonchev–Trinajstić information content (AvgIpc) is 3.01. The van der Waals surface area contributed by atoms with E-state index in [-0.39, 0.29) is 5.69 Å². The predicted octanol–water partition coefficient (Wildman–Crippen LogP) is 1.62. The van der Waals surface area contributed by atoms with Gasteiger partial charge in [-0.15, -0.1) is 0 Å². The van der Waals surface area contributed by atoms with E-state index in [4.69, 9.17) is 0 Å². The number of rotatable bonds is 1. The van der Waals surface area contributed by atoms with Gasteiger partial charge in [-0.25, -0.2) is 27.6 Å². The van der Waals surface area contributed by atoms with Crippen LogP contribution < -0.4 is 5.69 Å². The Morgan fingerprint density at radius 2 is 1.81 bits per heavy atom. The molecular formula is C13H7F2N5O. The lowest BCUT2D eigenvalue weighted by molar-refractivity contribution is 0.584. The topological polar surface area (TPSA) is 67.5 Å². The van der Waals surface area contributed by atoms with Crippen LogP contribution in [0.25, 0.3) is 22.4 Å². The van der Waals surface area contributed by atoms with Gasteiger partial charge >= 0.3 is 5.69 Å². The Morgan fingerprint density at radius 3 is 2.57 bits per heavy atom. The van der Waals surface area contributed by atoms with Crippen molar-refractivity contribution in [1.29, 1.82) is 0 Å². The number of nitrogens with one attached hydrogen (secondary N) is 1. The van der Waals surface area contributed by atoms with Gasteiger partial charge in [-0.3, -0.25) is 0 Å². The molecule has 21 heavy (non-hydrogen) atoms. The highest BCUT2D eigenvalue weighted by Crippen LogP contribution is 2.22. The second-order valence-corrected chi connectivity index (χ2v) is 4.54. The van der Waals surface area contributed by atoms with Gasteiger partial charge in [0.15, 0.2) is 5.65 Å². The highest BCUT2D eigenvalue weighted by Gasteiger charge is 2.11. The van der Waals surface area contributed by atoms with Crippen LogP contribution in [-0.4, -0.2) is 24.2 Å². The van der Waals surface area contributed by atoms with Crippen molar-refractivity contribution >= 4 is 11.2 Å². The van der Waals surface area contributed by atoms with Gasteiger partial charge in [-0.2, -0.15) is 10.2 Å². The SMILES string of the molecule is O=c1[nH]nc2c3cc(-c4cc(F)cc(F)c4)nn3ccn12. The highest BCUT2D eigenvalue weighted by atomic mass is 19.1. The number of H-pyrrole nitrogens is 1. The van der Waals surface area contributed by atoms with Crippen LogP contribution in [0.4, 0.5) is 8.78 Å². The van der Waals surface area contributed by atoms with Crippen molar-refractivity contribution in [2.75, 3.05) is 0 Å². The van der Waals surface area contributed by atoms with Crippen molar-refractivity contribution in [3.05, 3.63) is 58.8 Å². The van der Waals surface area contributed by atoms with Crippen LogP contribution >= 0.6 is 0 Å². The maximum Gasteiger partial charge on any atom is 0.347 e. The minimum atomic E-state index is -0.678. The molecule has 4 aromatic rings. The molecule has 0 aliphatic rings. The smallest absolute Gasteiger partial charge is 0.247 e. The zero-order valence-corrected chi connectivity index (χ0v) is 10.4. The lowest BCUT2D eigenvalue weighted by atomic mass is 10.1. The fraction of sp³-hybridized carbons (Fsp3) is 0. The number of aromatic nitrogens is 5. The Morgan fingerprint density at radius 1 is 1.05 bits per heavy atom. The van der Waals surface area contributed by atoms with Crippen LogP contribution in [-0.2, 0) is 0 Å². The zero-order valence-electron chi connectivity index (χ0n) is 10.4. The molecule has 8 heteroatoms. The minimum Gasteiger partial charge on any atom is -0.247 e. The molecule has 3 aromatic heterocycles. The quantitative estimate of drug-likeness (QED) is 0.578. The van der Waals surface area contributed by atoms with Gasteiger partial charge in [0.1, 0.15) is 17.2 Å². The minimum absolute atomic E-state index is 0.312. The molecule has 1 aromatic carbocycles. The van der Waals surface area contributed by atoms with Crippen LogP contribution in [0.15, 0.2) is 41.5 Å². The zero-order chi connectivity index (χ0) is 14.6. The van der Waals surface area contributed by atoms with E-state index in [0.29, 0.717) is 22.4 Å². The second-order valence-electron chi connectivity index (χ2n) is 4.54. The van der Waals surface area contributed by atoms with Crippen LogP contribution in [0.2, 0.25) is 0 Å². The van der Waals surface area contributed by atoms with Gasteiger partial charge in [0, 0.05) is 24.0 Å². The molecule has 0 unspecified atom stereocenters. The number of halogens is 2. The van der Waals surface area contributed by atoms with Crippen LogP contribution in [0.5, 0.6) is 0 Å². The van der Waals surface area contributed by atoms with Crippen molar-refractivity contribution in [2.45, 2.75) is 0 Å². The van der Waals surface area contributed by atoms with Crippen molar-refractivity contribution in [1.82, 2.24) is 24.2 Å². The first kappa shape index (κ1) is 11.8. The average molecular weight is 287 g/mol. The van der Waals surface area contributed by atoms with E-state index in [0.717, 1.165) is 6.07 Å². The van der Waals surface area contributed by atoms with Gasteiger partial charge < -0.3 is 0 Å². The third-order valence-corrected chi connectivity index (χ3v) is 3.18. The van der Waals surface area contributed by atoms with E-state index in [1.54, 1.807) is 12.3 Å². The van der Waals surface area contributed by atoms with Crippen molar-refractivity contribution in [3.8, 4) is 11.3 Å². The summed E-state index contributed by atoms with van der Waals surface area (Å²) in [7, 11) is 0. The summed E-state index contributed by atoms with van der Waals surface area (Å²) in [5.74, 6) is -1.36. The molecule has 4 rings (SSSR count). The first-order chi connectivity index (χ1) is 10.1. The molecule has 0 amide bonds. The summed E-state index contributed by atoms with van der Waals surface area (Å²) in [6, 6.07) is 4.80. The Hall–Kier alpha value is -3.03. The third kappa shape index (κ3) is 1.72. The fourth-order valence-corrected chi connectivity index (χ4v) is 2.27. The van der Waals surface area contributed by atoms with E-state index in [1.807, 2.05) is 0 Å². The van der Waals surface area contributed by atoms with Gasteiger partial charge in [0.2, 0.25) is 0 Å². The molecule has 1 N–H and O–H groups in total. The molecular weight excluding hydrogens is 280 g/mol. The normalized spacial score (nSPS) is 11.5. The van der Waals surface area contributed by atoms with Gasteiger partial charge in [-0.1, -0.05) is 0 Å². The Kier molecular flexibility index (Phi) is 2.23. The van der Waals surface area contributed by atoms with E-state index in [2.05, 4.69) is 15.3 Å². The second kappa shape index (κ2) is 3.98. The number of hydrogen-bond acceptors (Lipinski definition) is 3. The van der Waals surface area contributed by atoms with E-state index < -0.39 is 11.6 Å². The third-order valence-electron chi connectivity index (χ3n) is 3.18. The standard InChI is InChI=1S/C13H7F2N5O/c14-8-3-7(4-9(15)5-8)10-6-11-12-16-17-13(21)19(12)1-2-20(11)18-10/h1-6H,(H,17,21). The summed E-state index contributed by atoms with van der Waals surface area (Å²) in [5, 5.41) is 10.5. The van der Waals surface area contributed by atoms with Crippen LogP contribution in [0, 0.1) is 11.6 Å². The molecule has 0 aliphatic carbocycles. The molecule has 0 atom stereocenters. The maximum absolute atomic E-state index is 13.3. The molecule has 6 nitrogen and oxygen atoms in total. The molecule has 0 spiro atoms. The van der Waals surface area contributed by atoms with Crippen LogP contribution in [0.3, 0.4) is 0 Å². The highest BCUT2D eigenvalue weighted by molar-refractivity contribution is 5.76. The summed E-state index contributed by atoms with van der Waals surface area (Å²) in [6.07, 6.45) is 3.08. The summed E-state index contributed by atoms with van der Waals surface area (Å²) >= 11 is 0. The first-order valence-electron chi connectivity index (χ1n) is 6.03. The molecule has 0 aliphatic heterocycles. The summed E-state index contributed by atoms with van der Waals surface area (Å²) in [6.45, 7) is 0. The number of nitrogens with zero attached hydrogens (tertiary/aromatic N) is 4. The van der Waals surface area contributed by atoms with Crippen LogP contribution in [0.1, 0.15) is 0 Å². The molecule has 104 valence electrons. The Bertz CT molecular complexity index is 1030. The molecule has 0 saturated heterocycles. The van der Waals surface area contributed by atoms with E-state index >= 15 is 0 Å². The summed E-state index contributed by atoms with van der Waals surface area (Å²) < 4.78 is 29.4. The lowest BCUT2D eigenvalue weighted by Crippen LogP contribution is -2.09. The maximum atomic E-state index is 13.3. The van der Waals surface area contributed by atoms with Gasteiger partial charge in [-0.05, 0) is 18.2 Å². The van der Waals surface area contributed by atoms with Gasteiger partial charge in [0.05, 0.1) is 5.69 Å². The molecule has 0 bridgehead atoms. The number of hydrogen-bond donors (Lipinski definition) is 1. The fourth-order valence-electron chi connectivity index (χ4n) is 2.27. The molecule has 0 radical (unpaired) electrons. The number of fused-ring (bicyclic) bond motifs is 3. The lowest BCUT2D eigenvalue weighted by Gasteiger charge is -1.97. The predicted molar refractivity (Wildman–Crippen MR) is 69.9 cm³/mol. The Balaban J connectivity index is 2.02. The summed E-state index contributed by atoms with van der Waals surface area (Å²) in [4.78, 5) is 11.5. The monoisotopic (exact) mass is 287 g/mol. The first-order valence-corrected chi connectivity index (χ1v) is 6.03. The van der Waals surface area contributed by atoms with Crippen molar-refractivity contribution < 1.29 is 8.78 Å².